The number of anilines is 1. The van der Waals surface area contributed by atoms with Crippen molar-refractivity contribution < 1.29 is 15.0 Å². The van der Waals surface area contributed by atoms with Crippen molar-refractivity contribution in [2.24, 2.45) is 5.41 Å². The maximum absolute atomic E-state index is 12.2. The van der Waals surface area contributed by atoms with E-state index in [0.717, 1.165) is 54.6 Å². The van der Waals surface area contributed by atoms with Gasteiger partial charge in [0.1, 0.15) is 5.82 Å². The molecule has 0 aliphatic carbocycles. The molecule has 1 atom stereocenters. The molecule has 1 amide bonds. The summed E-state index contributed by atoms with van der Waals surface area (Å²) in [5.41, 5.74) is 1.83. The summed E-state index contributed by atoms with van der Waals surface area (Å²) in [5, 5.41) is 20.2. The number of nitrogens with zero attached hydrogens (tertiary/aromatic N) is 3. The average molecular weight is 369 g/mol. The summed E-state index contributed by atoms with van der Waals surface area (Å²) in [7, 11) is 0. The van der Waals surface area contributed by atoms with Gasteiger partial charge in [-0.3, -0.25) is 4.79 Å². The Morgan fingerprint density at radius 1 is 1.15 bits per heavy atom. The highest BCUT2D eigenvalue weighted by molar-refractivity contribution is 5.82. The lowest BCUT2D eigenvalue weighted by molar-refractivity contribution is -0.138. The van der Waals surface area contributed by atoms with Crippen molar-refractivity contribution in [3.63, 3.8) is 0 Å². The second kappa shape index (κ2) is 7.44. The first-order chi connectivity index (χ1) is 13.1. The normalized spacial score (nSPS) is 23.4. The molecule has 1 aromatic carbocycles. The summed E-state index contributed by atoms with van der Waals surface area (Å²) in [5.74, 6) is 1.01. The molecule has 2 fully saturated rings. The van der Waals surface area contributed by atoms with Gasteiger partial charge < -0.3 is 20.0 Å². The molecular weight excluding hydrogens is 342 g/mol. The molecule has 4 rings (SSSR count). The number of carbonyl (C=O) groups is 1. The van der Waals surface area contributed by atoms with E-state index in [9.17, 15) is 15.0 Å². The van der Waals surface area contributed by atoms with Gasteiger partial charge in [0.2, 0.25) is 5.91 Å². The lowest BCUT2D eigenvalue weighted by Gasteiger charge is -2.48. The molecule has 3 heterocycles. The van der Waals surface area contributed by atoms with Crippen molar-refractivity contribution in [3.8, 4) is 0 Å². The van der Waals surface area contributed by atoms with Crippen LogP contribution in [0.15, 0.2) is 30.3 Å². The molecule has 6 heteroatoms. The Balaban J connectivity index is 1.63. The number of para-hydroxylation sites is 1. The van der Waals surface area contributed by atoms with E-state index in [1.807, 2.05) is 35.2 Å². The Hall–Kier alpha value is -2.18. The van der Waals surface area contributed by atoms with Gasteiger partial charge in [0.05, 0.1) is 18.7 Å². The molecule has 2 aromatic rings. The topological polar surface area (TPSA) is 76.9 Å². The van der Waals surface area contributed by atoms with E-state index in [-0.39, 0.29) is 24.5 Å². The molecule has 144 valence electrons. The van der Waals surface area contributed by atoms with E-state index in [2.05, 4.69) is 4.90 Å². The number of aliphatic hydroxyl groups is 2. The summed E-state index contributed by atoms with van der Waals surface area (Å²) in [6.07, 6.45) is 3.55. The number of β-amino-alcohol motifs (C(OH)–C–C–N with tert-alkyl or cyclic N) is 1. The van der Waals surface area contributed by atoms with Gasteiger partial charge in [-0.25, -0.2) is 4.98 Å². The first-order valence-corrected chi connectivity index (χ1v) is 9.77. The Bertz CT molecular complexity index is 841. The van der Waals surface area contributed by atoms with Crippen LogP contribution in [0.25, 0.3) is 10.9 Å². The van der Waals surface area contributed by atoms with Crippen LogP contribution in [0.4, 0.5) is 5.82 Å². The lowest BCUT2D eigenvalue weighted by Crippen LogP contribution is -2.54. The zero-order valence-electron chi connectivity index (χ0n) is 15.6. The summed E-state index contributed by atoms with van der Waals surface area (Å²) >= 11 is 0. The van der Waals surface area contributed by atoms with Gasteiger partial charge in [0.25, 0.3) is 0 Å². The van der Waals surface area contributed by atoms with Crippen molar-refractivity contribution in [2.75, 3.05) is 37.7 Å². The van der Waals surface area contributed by atoms with Crippen molar-refractivity contribution in [3.05, 3.63) is 35.9 Å². The number of piperidine rings is 2. The molecule has 2 saturated heterocycles. The molecule has 0 bridgehead atoms. The maximum Gasteiger partial charge on any atom is 0.222 e. The molecule has 2 aliphatic heterocycles. The second-order valence-electron chi connectivity index (χ2n) is 7.89. The van der Waals surface area contributed by atoms with Crippen LogP contribution in [-0.2, 0) is 11.4 Å². The fraction of sp³-hybridized carbons (Fsp3) is 0.524. The largest absolute Gasteiger partial charge is 0.395 e. The Morgan fingerprint density at radius 2 is 2.00 bits per heavy atom. The van der Waals surface area contributed by atoms with Crippen LogP contribution in [0.1, 0.15) is 31.2 Å². The number of hydrogen-bond acceptors (Lipinski definition) is 5. The van der Waals surface area contributed by atoms with E-state index < -0.39 is 0 Å². The van der Waals surface area contributed by atoms with Crippen molar-refractivity contribution in [1.29, 1.82) is 0 Å². The van der Waals surface area contributed by atoms with E-state index in [1.54, 1.807) is 0 Å². The minimum Gasteiger partial charge on any atom is -0.395 e. The monoisotopic (exact) mass is 369 g/mol. The summed E-state index contributed by atoms with van der Waals surface area (Å²) in [4.78, 5) is 21.1. The SMILES string of the molecule is O=C1CC[C@@]2(CCCN(c3nc4ccccc4cc3CO)C2)CN1CCO. The third kappa shape index (κ3) is 3.51. The molecule has 27 heavy (non-hydrogen) atoms. The van der Waals surface area contributed by atoms with E-state index in [0.29, 0.717) is 19.5 Å². The number of aliphatic hydroxyl groups excluding tert-OH is 2. The molecular formula is C21H27N3O3. The average Bonchev–Trinajstić information content (AvgIpc) is 2.70. The number of hydrogen-bond donors (Lipinski definition) is 2. The van der Waals surface area contributed by atoms with Gasteiger partial charge in [-0.05, 0) is 31.4 Å². The number of pyridine rings is 1. The molecule has 0 unspecified atom stereocenters. The standard InChI is InChI=1S/C21H27N3O3/c25-11-10-23-14-21(8-6-19(23)27)7-3-9-24(15-21)20-17(13-26)12-16-4-1-2-5-18(16)22-20/h1-2,4-5,12,25-26H,3,6-11,13-15H2/t21-/m0/s1. The number of carbonyl (C=O) groups excluding carboxylic acids is 1. The summed E-state index contributed by atoms with van der Waals surface area (Å²) < 4.78 is 0. The smallest absolute Gasteiger partial charge is 0.222 e. The fourth-order valence-corrected chi connectivity index (χ4v) is 4.69. The van der Waals surface area contributed by atoms with Crippen LogP contribution in [0.3, 0.4) is 0 Å². The minimum atomic E-state index is -0.0359. The Labute approximate surface area is 159 Å². The molecule has 2 N–H and O–H groups in total. The highest BCUT2D eigenvalue weighted by Gasteiger charge is 2.42. The van der Waals surface area contributed by atoms with E-state index >= 15 is 0 Å². The second-order valence-corrected chi connectivity index (χ2v) is 7.89. The minimum absolute atomic E-state index is 0.00637. The molecule has 2 aliphatic rings. The third-order valence-corrected chi connectivity index (χ3v) is 6.03. The van der Waals surface area contributed by atoms with Crippen molar-refractivity contribution >= 4 is 22.6 Å². The highest BCUT2D eigenvalue weighted by Crippen LogP contribution is 2.40. The van der Waals surface area contributed by atoms with Crippen LogP contribution >= 0.6 is 0 Å². The van der Waals surface area contributed by atoms with Gasteiger partial charge in [-0.1, -0.05) is 18.2 Å². The van der Waals surface area contributed by atoms with Crippen molar-refractivity contribution in [2.45, 2.75) is 32.3 Å². The fourth-order valence-electron chi connectivity index (χ4n) is 4.69. The predicted octanol–water partition coefficient (Wildman–Crippen LogP) is 1.93. The van der Waals surface area contributed by atoms with Crippen LogP contribution < -0.4 is 4.90 Å². The highest BCUT2D eigenvalue weighted by atomic mass is 16.3. The molecule has 0 radical (unpaired) electrons. The lowest BCUT2D eigenvalue weighted by atomic mass is 9.73. The Kier molecular flexibility index (Phi) is 5.02. The number of benzene rings is 1. The van der Waals surface area contributed by atoms with Gasteiger partial charge in [-0.15, -0.1) is 0 Å². The van der Waals surface area contributed by atoms with E-state index in [1.165, 1.54) is 0 Å². The third-order valence-electron chi connectivity index (χ3n) is 6.03. The number of likely N-dealkylation sites (tertiary alicyclic amines) is 1. The Morgan fingerprint density at radius 3 is 2.81 bits per heavy atom. The van der Waals surface area contributed by atoms with Crippen LogP contribution in [0.2, 0.25) is 0 Å². The van der Waals surface area contributed by atoms with Crippen LogP contribution in [0.5, 0.6) is 0 Å². The molecule has 0 saturated carbocycles. The van der Waals surface area contributed by atoms with E-state index in [4.69, 9.17) is 4.98 Å². The summed E-state index contributed by atoms with van der Waals surface area (Å²) in [6, 6.07) is 10.0. The number of amides is 1. The van der Waals surface area contributed by atoms with Gasteiger partial charge in [0.15, 0.2) is 0 Å². The van der Waals surface area contributed by atoms with Crippen molar-refractivity contribution in [1.82, 2.24) is 9.88 Å². The first kappa shape index (κ1) is 18.2. The zero-order valence-corrected chi connectivity index (χ0v) is 15.6. The number of fused-ring (bicyclic) bond motifs is 1. The van der Waals surface area contributed by atoms with Crippen LogP contribution in [0, 0.1) is 5.41 Å². The number of rotatable bonds is 4. The van der Waals surface area contributed by atoms with Gasteiger partial charge in [-0.2, -0.15) is 0 Å². The maximum atomic E-state index is 12.2. The van der Waals surface area contributed by atoms with Gasteiger partial charge in [0, 0.05) is 49.0 Å². The zero-order chi connectivity index (χ0) is 18.9. The molecule has 1 spiro atoms. The van der Waals surface area contributed by atoms with Crippen LogP contribution in [-0.4, -0.2) is 58.8 Å². The predicted molar refractivity (Wildman–Crippen MR) is 104 cm³/mol. The molecule has 6 nitrogen and oxygen atoms in total. The van der Waals surface area contributed by atoms with Gasteiger partial charge >= 0.3 is 0 Å². The summed E-state index contributed by atoms with van der Waals surface area (Å²) in [6.45, 7) is 2.83. The number of aromatic nitrogens is 1. The quantitative estimate of drug-likeness (QED) is 0.861. The first-order valence-electron chi connectivity index (χ1n) is 9.77. The molecule has 1 aromatic heterocycles.